The minimum Gasteiger partial charge on any atom is -0.459 e. The molecule has 8 nitrogen and oxygen atoms in total. The third-order valence-corrected chi connectivity index (χ3v) is 3.48. The average molecular weight is 339 g/mol. The van der Waals surface area contributed by atoms with Crippen molar-refractivity contribution in [1.82, 2.24) is 25.2 Å². The number of carbonyl (C=O) groups excluding carboxylic acids is 2. The van der Waals surface area contributed by atoms with Gasteiger partial charge in [-0.1, -0.05) is 6.07 Å². The summed E-state index contributed by atoms with van der Waals surface area (Å²) in [7, 11) is 0. The van der Waals surface area contributed by atoms with Crippen LogP contribution in [-0.4, -0.2) is 32.9 Å². The minimum atomic E-state index is -0.340. The number of amides is 2. The first-order chi connectivity index (χ1) is 12.2. The number of carbonyl (C=O) groups is 2. The van der Waals surface area contributed by atoms with Gasteiger partial charge in [-0.2, -0.15) is 0 Å². The smallest absolute Gasteiger partial charge is 0.286 e. The Hall–Kier alpha value is -3.42. The molecule has 0 atom stereocenters. The van der Waals surface area contributed by atoms with E-state index in [2.05, 4.69) is 20.6 Å². The number of furan rings is 1. The summed E-state index contributed by atoms with van der Waals surface area (Å²) < 4.78 is 6.76. The van der Waals surface area contributed by atoms with Crippen LogP contribution in [0.15, 0.2) is 59.9 Å². The van der Waals surface area contributed by atoms with E-state index in [1.54, 1.807) is 41.6 Å². The van der Waals surface area contributed by atoms with Gasteiger partial charge in [0.2, 0.25) is 5.91 Å². The second-order valence-corrected chi connectivity index (χ2v) is 5.22. The van der Waals surface area contributed by atoms with Crippen molar-refractivity contribution in [2.45, 2.75) is 13.0 Å². The summed E-state index contributed by atoms with van der Waals surface area (Å²) >= 11 is 0. The van der Waals surface area contributed by atoms with Crippen LogP contribution in [0.5, 0.6) is 0 Å². The molecule has 3 aromatic rings. The fourth-order valence-electron chi connectivity index (χ4n) is 2.25. The number of aromatic nitrogens is 3. The van der Waals surface area contributed by atoms with Crippen molar-refractivity contribution in [3.05, 3.63) is 66.8 Å². The molecule has 0 bridgehead atoms. The number of nitrogens with one attached hydrogen (secondary N) is 2. The number of nitrogens with zero attached hydrogens (tertiary/aromatic N) is 3. The lowest BCUT2D eigenvalue weighted by Gasteiger charge is -2.10. The standard InChI is InChI=1S/C17H17N5O3/c23-15(5-7-20-17(24)14-4-2-10-25-14)21-11-13-3-1-6-19-16(13)22-9-8-18-12-22/h1-4,6,8-10,12H,5,7,11H2,(H,20,24)(H,21,23). The van der Waals surface area contributed by atoms with Crippen molar-refractivity contribution in [3.63, 3.8) is 0 Å². The number of hydrogen-bond acceptors (Lipinski definition) is 5. The Morgan fingerprint density at radius 3 is 2.84 bits per heavy atom. The molecule has 0 radical (unpaired) electrons. The maximum atomic E-state index is 12.0. The van der Waals surface area contributed by atoms with Gasteiger partial charge in [0.25, 0.3) is 5.91 Å². The van der Waals surface area contributed by atoms with E-state index in [1.807, 2.05) is 12.1 Å². The van der Waals surface area contributed by atoms with Crippen LogP contribution < -0.4 is 10.6 Å². The first-order valence-corrected chi connectivity index (χ1v) is 7.74. The van der Waals surface area contributed by atoms with Crippen LogP contribution in [0.3, 0.4) is 0 Å². The highest BCUT2D eigenvalue weighted by molar-refractivity contribution is 5.91. The Labute approximate surface area is 143 Å². The van der Waals surface area contributed by atoms with E-state index in [0.29, 0.717) is 12.4 Å². The van der Waals surface area contributed by atoms with Gasteiger partial charge >= 0.3 is 0 Å². The second kappa shape index (κ2) is 7.91. The Kier molecular flexibility index (Phi) is 5.20. The van der Waals surface area contributed by atoms with Crippen molar-refractivity contribution in [2.24, 2.45) is 0 Å². The van der Waals surface area contributed by atoms with Crippen LogP contribution >= 0.6 is 0 Å². The monoisotopic (exact) mass is 339 g/mol. The minimum absolute atomic E-state index is 0.167. The highest BCUT2D eigenvalue weighted by Crippen LogP contribution is 2.10. The van der Waals surface area contributed by atoms with Gasteiger partial charge in [-0.3, -0.25) is 14.2 Å². The van der Waals surface area contributed by atoms with Crippen molar-refractivity contribution in [1.29, 1.82) is 0 Å². The molecule has 3 aromatic heterocycles. The van der Waals surface area contributed by atoms with Gasteiger partial charge in [-0.25, -0.2) is 9.97 Å². The van der Waals surface area contributed by atoms with E-state index < -0.39 is 0 Å². The lowest BCUT2D eigenvalue weighted by atomic mass is 10.2. The predicted molar refractivity (Wildman–Crippen MR) is 88.9 cm³/mol. The van der Waals surface area contributed by atoms with Crippen LogP contribution in [-0.2, 0) is 11.3 Å². The van der Waals surface area contributed by atoms with Crippen LogP contribution in [0, 0.1) is 0 Å². The quantitative estimate of drug-likeness (QED) is 0.675. The topological polar surface area (TPSA) is 102 Å². The van der Waals surface area contributed by atoms with Gasteiger partial charge < -0.3 is 15.1 Å². The Balaban J connectivity index is 1.47. The molecule has 0 unspecified atom stereocenters. The molecule has 0 aliphatic carbocycles. The zero-order valence-electron chi connectivity index (χ0n) is 13.4. The van der Waals surface area contributed by atoms with Crippen molar-refractivity contribution < 1.29 is 14.0 Å². The summed E-state index contributed by atoms with van der Waals surface area (Å²) in [6, 6.07) is 6.90. The predicted octanol–water partition coefficient (Wildman–Crippen LogP) is 1.30. The molecule has 0 fully saturated rings. The highest BCUT2D eigenvalue weighted by atomic mass is 16.3. The molecule has 0 aromatic carbocycles. The molecule has 25 heavy (non-hydrogen) atoms. The van der Waals surface area contributed by atoms with Gasteiger partial charge in [-0.05, 0) is 18.2 Å². The maximum absolute atomic E-state index is 12.0. The first-order valence-electron chi connectivity index (χ1n) is 7.74. The molecular weight excluding hydrogens is 322 g/mol. The lowest BCUT2D eigenvalue weighted by molar-refractivity contribution is -0.121. The van der Waals surface area contributed by atoms with E-state index in [9.17, 15) is 9.59 Å². The average Bonchev–Trinajstić information content (AvgIpc) is 3.33. The summed E-state index contributed by atoms with van der Waals surface area (Å²) in [5, 5.41) is 5.45. The fraction of sp³-hybridized carbons (Fsp3) is 0.176. The molecule has 0 saturated heterocycles. The summed E-state index contributed by atoms with van der Waals surface area (Å²) in [6.45, 7) is 0.569. The first kappa shape index (κ1) is 16.4. The molecule has 0 saturated carbocycles. The van der Waals surface area contributed by atoms with Crippen LogP contribution in [0.25, 0.3) is 5.82 Å². The molecule has 0 aliphatic heterocycles. The fourth-order valence-corrected chi connectivity index (χ4v) is 2.25. The lowest BCUT2D eigenvalue weighted by Crippen LogP contribution is -2.30. The molecule has 2 amide bonds. The summed E-state index contributed by atoms with van der Waals surface area (Å²) in [5.74, 6) is 0.430. The van der Waals surface area contributed by atoms with Gasteiger partial charge in [0, 0.05) is 43.7 Å². The van der Waals surface area contributed by atoms with E-state index in [4.69, 9.17) is 4.42 Å². The summed E-state index contributed by atoms with van der Waals surface area (Å²) in [5.41, 5.74) is 0.869. The van der Waals surface area contributed by atoms with Crippen LogP contribution in [0.2, 0.25) is 0 Å². The number of rotatable bonds is 7. The Morgan fingerprint density at radius 2 is 2.08 bits per heavy atom. The third kappa shape index (κ3) is 4.31. The van der Waals surface area contributed by atoms with E-state index in [0.717, 1.165) is 5.56 Å². The second-order valence-electron chi connectivity index (χ2n) is 5.22. The molecule has 3 rings (SSSR count). The maximum Gasteiger partial charge on any atom is 0.286 e. The number of pyridine rings is 1. The summed E-state index contributed by atoms with van der Waals surface area (Å²) in [4.78, 5) is 32.0. The molecule has 0 aliphatic rings. The number of imidazole rings is 1. The SMILES string of the molecule is O=C(CCNC(=O)c1ccco1)NCc1cccnc1-n1ccnc1. The number of hydrogen-bond donors (Lipinski definition) is 2. The Bertz CT molecular complexity index is 828. The molecule has 8 heteroatoms. The highest BCUT2D eigenvalue weighted by Gasteiger charge is 2.10. The van der Waals surface area contributed by atoms with E-state index in [-0.39, 0.29) is 30.5 Å². The van der Waals surface area contributed by atoms with Gasteiger partial charge in [0.05, 0.1) is 6.26 Å². The van der Waals surface area contributed by atoms with Crippen molar-refractivity contribution in [3.8, 4) is 5.82 Å². The summed E-state index contributed by atoms with van der Waals surface area (Å²) in [6.07, 6.45) is 8.39. The van der Waals surface area contributed by atoms with Gasteiger partial charge in [0.15, 0.2) is 5.76 Å². The van der Waals surface area contributed by atoms with Crippen molar-refractivity contribution in [2.75, 3.05) is 6.54 Å². The van der Waals surface area contributed by atoms with Crippen LogP contribution in [0.4, 0.5) is 0 Å². The molecular formula is C17H17N5O3. The molecule has 128 valence electrons. The largest absolute Gasteiger partial charge is 0.459 e. The van der Waals surface area contributed by atoms with Gasteiger partial charge in [0.1, 0.15) is 12.1 Å². The van der Waals surface area contributed by atoms with Crippen molar-refractivity contribution >= 4 is 11.8 Å². The third-order valence-electron chi connectivity index (χ3n) is 3.48. The van der Waals surface area contributed by atoms with Crippen LogP contribution in [0.1, 0.15) is 22.5 Å². The molecule has 0 spiro atoms. The van der Waals surface area contributed by atoms with E-state index >= 15 is 0 Å². The molecule has 3 heterocycles. The van der Waals surface area contributed by atoms with E-state index in [1.165, 1.54) is 6.26 Å². The van der Waals surface area contributed by atoms with Gasteiger partial charge in [-0.15, -0.1) is 0 Å². The zero-order chi connectivity index (χ0) is 17.5. The zero-order valence-corrected chi connectivity index (χ0v) is 13.4. The Morgan fingerprint density at radius 1 is 1.16 bits per heavy atom. The normalized spacial score (nSPS) is 10.4. The molecule has 2 N–H and O–H groups in total.